The number of hydrogen-bond acceptors (Lipinski definition) is 2. The van der Waals surface area contributed by atoms with E-state index < -0.39 is 11.6 Å². The summed E-state index contributed by atoms with van der Waals surface area (Å²) >= 11 is 0. The minimum atomic E-state index is -0.853. The third-order valence-corrected chi connectivity index (χ3v) is 4.39. The maximum absolute atomic E-state index is 13.8. The van der Waals surface area contributed by atoms with Crippen LogP contribution in [-0.4, -0.2) is 29.9 Å². The van der Waals surface area contributed by atoms with Gasteiger partial charge in [-0.3, -0.25) is 4.79 Å². The maximum atomic E-state index is 13.8. The number of carbonyl (C=O) groups excluding carboxylic acids is 1. The molecule has 2 fully saturated rings. The molecular weight excluding hydrogens is 262 g/mol. The van der Waals surface area contributed by atoms with E-state index in [1.165, 1.54) is 6.07 Å². The molecule has 1 aromatic rings. The molecule has 20 heavy (non-hydrogen) atoms. The second-order valence-corrected chi connectivity index (χ2v) is 5.59. The predicted molar refractivity (Wildman–Crippen MR) is 70.9 cm³/mol. The average Bonchev–Trinajstić information content (AvgIpc) is 2.46. The number of halogens is 2. The summed E-state index contributed by atoms with van der Waals surface area (Å²) in [6.45, 7) is 1.94. The standard InChI is InChI=1S/C15H18F2N2O/c16-12-3-1-2-11(15(12)17)9-19-13-6-7-18-8-10(13)4-5-14(19)20/h1-3,10,13,18H,4-9H2. The van der Waals surface area contributed by atoms with Gasteiger partial charge < -0.3 is 10.2 Å². The third kappa shape index (κ3) is 2.42. The largest absolute Gasteiger partial charge is 0.335 e. The molecule has 0 aliphatic carbocycles. The van der Waals surface area contributed by atoms with Gasteiger partial charge in [-0.1, -0.05) is 12.1 Å². The van der Waals surface area contributed by atoms with Gasteiger partial charge in [0.1, 0.15) is 0 Å². The van der Waals surface area contributed by atoms with Gasteiger partial charge in [0.2, 0.25) is 5.91 Å². The minimum Gasteiger partial charge on any atom is -0.335 e. The van der Waals surface area contributed by atoms with E-state index in [0.29, 0.717) is 12.3 Å². The molecule has 2 saturated heterocycles. The Bertz CT molecular complexity index is 521. The van der Waals surface area contributed by atoms with E-state index in [1.54, 1.807) is 11.0 Å². The van der Waals surface area contributed by atoms with Crippen molar-refractivity contribution >= 4 is 5.91 Å². The lowest BCUT2D eigenvalue weighted by Gasteiger charge is -2.44. The Labute approximate surface area is 117 Å². The van der Waals surface area contributed by atoms with Crippen molar-refractivity contribution in [2.75, 3.05) is 13.1 Å². The zero-order chi connectivity index (χ0) is 14.1. The molecule has 1 N–H and O–H groups in total. The molecule has 3 rings (SSSR count). The number of likely N-dealkylation sites (tertiary alicyclic amines) is 1. The first kappa shape index (κ1) is 13.5. The molecule has 2 atom stereocenters. The molecule has 2 aliphatic heterocycles. The van der Waals surface area contributed by atoms with Gasteiger partial charge in [-0.15, -0.1) is 0 Å². The molecule has 2 heterocycles. The van der Waals surface area contributed by atoms with Crippen molar-refractivity contribution in [2.24, 2.45) is 5.92 Å². The molecule has 0 bridgehead atoms. The van der Waals surface area contributed by atoms with Crippen LogP contribution in [0.4, 0.5) is 8.78 Å². The van der Waals surface area contributed by atoms with Gasteiger partial charge in [-0.25, -0.2) is 8.78 Å². The van der Waals surface area contributed by atoms with Gasteiger partial charge >= 0.3 is 0 Å². The third-order valence-electron chi connectivity index (χ3n) is 4.39. The Balaban J connectivity index is 1.83. The molecular formula is C15H18F2N2O. The van der Waals surface area contributed by atoms with E-state index in [4.69, 9.17) is 0 Å². The molecule has 5 heteroatoms. The Kier molecular flexibility index (Phi) is 3.70. The van der Waals surface area contributed by atoms with Crippen LogP contribution in [0.25, 0.3) is 0 Å². The number of hydrogen-bond donors (Lipinski definition) is 1. The van der Waals surface area contributed by atoms with Crippen molar-refractivity contribution in [3.05, 3.63) is 35.4 Å². The molecule has 1 amide bonds. The quantitative estimate of drug-likeness (QED) is 0.899. The molecule has 2 unspecified atom stereocenters. The fourth-order valence-corrected chi connectivity index (χ4v) is 3.31. The van der Waals surface area contributed by atoms with Crippen molar-refractivity contribution in [2.45, 2.75) is 31.8 Å². The van der Waals surface area contributed by atoms with Crippen LogP contribution in [0.2, 0.25) is 0 Å². The lowest BCUT2D eigenvalue weighted by atomic mass is 9.84. The number of fused-ring (bicyclic) bond motifs is 1. The van der Waals surface area contributed by atoms with E-state index in [2.05, 4.69) is 5.32 Å². The van der Waals surface area contributed by atoms with Gasteiger partial charge in [-0.05, 0) is 37.9 Å². The summed E-state index contributed by atoms with van der Waals surface area (Å²) in [6, 6.07) is 4.29. The molecule has 2 aliphatic rings. The highest BCUT2D eigenvalue weighted by Crippen LogP contribution is 2.30. The summed E-state index contributed by atoms with van der Waals surface area (Å²) in [4.78, 5) is 13.9. The number of carbonyl (C=O) groups is 1. The monoisotopic (exact) mass is 280 g/mol. The van der Waals surface area contributed by atoms with Gasteiger partial charge in [-0.2, -0.15) is 0 Å². The SMILES string of the molecule is O=C1CCC2CNCCC2N1Cc1cccc(F)c1F. The van der Waals surface area contributed by atoms with Gasteiger partial charge in [0.05, 0.1) is 0 Å². The van der Waals surface area contributed by atoms with Crippen LogP contribution in [-0.2, 0) is 11.3 Å². The summed E-state index contributed by atoms with van der Waals surface area (Å²) in [6.07, 6.45) is 2.27. The predicted octanol–water partition coefficient (Wildman–Crippen LogP) is 2.07. The second-order valence-electron chi connectivity index (χ2n) is 5.59. The first-order valence-corrected chi connectivity index (χ1v) is 7.10. The number of rotatable bonds is 2. The molecule has 3 nitrogen and oxygen atoms in total. The van der Waals surface area contributed by atoms with Crippen molar-refractivity contribution in [1.29, 1.82) is 0 Å². The van der Waals surface area contributed by atoms with E-state index in [0.717, 1.165) is 32.0 Å². The average molecular weight is 280 g/mol. The summed E-state index contributed by atoms with van der Waals surface area (Å²) in [5.74, 6) is -1.21. The summed E-state index contributed by atoms with van der Waals surface area (Å²) in [5, 5.41) is 3.33. The van der Waals surface area contributed by atoms with Gasteiger partial charge in [0.15, 0.2) is 11.6 Å². The van der Waals surface area contributed by atoms with E-state index in [9.17, 15) is 13.6 Å². The molecule has 0 saturated carbocycles. The zero-order valence-corrected chi connectivity index (χ0v) is 11.2. The molecule has 0 radical (unpaired) electrons. The minimum absolute atomic E-state index is 0.0526. The number of nitrogens with zero attached hydrogens (tertiary/aromatic N) is 1. The fourth-order valence-electron chi connectivity index (χ4n) is 3.31. The Morgan fingerprint density at radius 1 is 1.30 bits per heavy atom. The number of piperidine rings is 2. The smallest absolute Gasteiger partial charge is 0.223 e. The Morgan fingerprint density at radius 2 is 2.15 bits per heavy atom. The summed E-state index contributed by atoms with van der Waals surface area (Å²) < 4.78 is 27.1. The normalized spacial score (nSPS) is 26.5. The van der Waals surface area contributed by atoms with Crippen LogP contribution in [0.1, 0.15) is 24.8 Å². The van der Waals surface area contributed by atoms with Crippen LogP contribution < -0.4 is 5.32 Å². The summed E-state index contributed by atoms with van der Waals surface area (Å²) in [5.41, 5.74) is 0.262. The highest BCUT2D eigenvalue weighted by atomic mass is 19.2. The highest BCUT2D eigenvalue weighted by Gasteiger charge is 2.37. The van der Waals surface area contributed by atoms with Crippen molar-refractivity contribution < 1.29 is 13.6 Å². The van der Waals surface area contributed by atoms with Crippen LogP contribution in [0.5, 0.6) is 0 Å². The lowest BCUT2D eigenvalue weighted by molar-refractivity contribution is -0.140. The second kappa shape index (κ2) is 5.48. The Hall–Kier alpha value is -1.49. The van der Waals surface area contributed by atoms with Crippen molar-refractivity contribution in [3.63, 3.8) is 0 Å². The Morgan fingerprint density at radius 3 is 3.00 bits per heavy atom. The van der Waals surface area contributed by atoms with E-state index in [1.807, 2.05) is 0 Å². The van der Waals surface area contributed by atoms with Crippen LogP contribution in [0.3, 0.4) is 0 Å². The number of nitrogens with one attached hydrogen (secondary N) is 1. The van der Waals surface area contributed by atoms with Crippen LogP contribution in [0, 0.1) is 17.6 Å². The van der Waals surface area contributed by atoms with Crippen molar-refractivity contribution in [1.82, 2.24) is 10.2 Å². The molecule has 1 aromatic carbocycles. The molecule has 0 spiro atoms. The number of benzene rings is 1. The molecule has 0 aromatic heterocycles. The van der Waals surface area contributed by atoms with E-state index >= 15 is 0 Å². The summed E-state index contributed by atoms with van der Waals surface area (Å²) in [7, 11) is 0. The highest BCUT2D eigenvalue weighted by molar-refractivity contribution is 5.77. The molecule has 108 valence electrons. The first-order valence-electron chi connectivity index (χ1n) is 7.10. The fraction of sp³-hybridized carbons (Fsp3) is 0.533. The van der Waals surface area contributed by atoms with E-state index in [-0.39, 0.29) is 24.1 Å². The van der Waals surface area contributed by atoms with Gasteiger partial charge in [0, 0.05) is 24.6 Å². The number of amides is 1. The van der Waals surface area contributed by atoms with Crippen LogP contribution >= 0.6 is 0 Å². The first-order chi connectivity index (χ1) is 9.66. The topological polar surface area (TPSA) is 32.3 Å². The zero-order valence-electron chi connectivity index (χ0n) is 11.2. The lowest BCUT2D eigenvalue weighted by Crippen LogP contribution is -2.54. The van der Waals surface area contributed by atoms with Crippen LogP contribution in [0.15, 0.2) is 18.2 Å². The van der Waals surface area contributed by atoms with Crippen molar-refractivity contribution in [3.8, 4) is 0 Å². The maximum Gasteiger partial charge on any atom is 0.223 e. The van der Waals surface area contributed by atoms with Gasteiger partial charge in [0.25, 0.3) is 0 Å².